The van der Waals surface area contributed by atoms with Crippen LogP contribution in [0.5, 0.6) is 0 Å². The number of hydrogen-bond acceptors (Lipinski definition) is 11. The number of aromatic nitrogens is 2. The van der Waals surface area contributed by atoms with Crippen molar-refractivity contribution in [2.24, 2.45) is 5.92 Å². The highest BCUT2D eigenvalue weighted by Crippen LogP contribution is 2.39. The summed E-state index contributed by atoms with van der Waals surface area (Å²) in [5.74, 6) is -1.40. The maximum atomic E-state index is 13.0. The summed E-state index contributed by atoms with van der Waals surface area (Å²) in [6.45, 7) is 10.7. The number of carbonyl (C=O) groups excluding carboxylic acids is 3. The van der Waals surface area contributed by atoms with Crippen LogP contribution in [0.15, 0.2) is 17.1 Å². The van der Waals surface area contributed by atoms with Crippen molar-refractivity contribution in [1.29, 1.82) is 0 Å². The fourth-order valence-corrected chi connectivity index (χ4v) is 3.64. The van der Waals surface area contributed by atoms with E-state index in [1.165, 1.54) is 19.2 Å². The van der Waals surface area contributed by atoms with Crippen LogP contribution in [0.2, 0.25) is 0 Å². The number of carbonyl (C=O) groups is 3. The molecule has 208 valence electrons. The molecule has 1 aliphatic rings. The van der Waals surface area contributed by atoms with Crippen LogP contribution in [0, 0.1) is 5.92 Å². The lowest BCUT2D eigenvalue weighted by molar-refractivity contribution is -0.167. The summed E-state index contributed by atoms with van der Waals surface area (Å²) >= 11 is 0. The minimum atomic E-state index is -2.00. The predicted molar refractivity (Wildman–Crippen MR) is 129 cm³/mol. The van der Waals surface area contributed by atoms with Gasteiger partial charge in [0.25, 0.3) is 0 Å². The Labute approximate surface area is 214 Å². The Morgan fingerprint density at radius 2 is 1.92 bits per heavy atom. The zero-order valence-electron chi connectivity index (χ0n) is 22.0. The second-order valence-electron chi connectivity index (χ2n) is 10.0. The number of nitrogens with one attached hydrogen (secondary N) is 2. The first-order valence-electron chi connectivity index (χ1n) is 11.8. The molecule has 4 N–H and O–H groups in total. The molecule has 0 aliphatic carbocycles. The molecule has 14 heteroatoms. The van der Waals surface area contributed by atoms with E-state index in [-0.39, 0.29) is 12.4 Å². The van der Waals surface area contributed by atoms with E-state index >= 15 is 0 Å². The number of esters is 1. The van der Waals surface area contributed by atoms with Gasteiger partial charge in [-0.2, -0.15) is 4.98 Å². The highest BCUT2D eigenvalue weighted by Gasteiger charge is 2.56. The Bertz CT molecular complexity index is 1030. The van der Waals surface area contributed by atoms with Gasteiger partial charge in [0.05, 0.1) is 13.2 Å². The first kappa shape index (κ1) is 30.0. The maximum Gasteiger partial charge on any atom is 0.412 e. The van der Waals surface area contributed by atoms with Gasteiger partial charge in [-0.15, -0.1) is 0 Å². The average molecular weight is 529 g/mol. The summed E-state index contributed by atoms with van der Waals surface area (Å²) in [5, 5.41) is 25.9. The summed E-state index contributed by atoms with van der Waals surface area (Å²) in [7, 11) is 0. The molecule has 0 unspecified atom stereocenters. The predicted octanol–water partition coefficient (Wildman–Crippen LogP) is 0.913. The molecule has 0 bridgehead atoms. The Kier molecular flexibility index (Phi) is 9.63. The van der Waals surface area contributed by atoms with E-state index in [2.05, 4.69) is 15.6 Å². The summed E-state index contributed by atoms with van der Waals surface area (Å²) in [4.78, 5) is 53.2. The molecule has 2 rings (SSSR count). The second-order valence-corrected chi connectivity index (χ2v) is 10.0. The van der Waals surface area contributed by atoms with Crippen molar-refractivity contribution in [3.8, 4) is 0 Å². The molecule has 2 amide bonds. The third kappa shape index (κ3) is 7.63. The zero-order chi connectivity index (χ0) is 28.1. The SMILES string of the molecule is CCOC(=O)Nc1ccn([C@@H]2O[C@H](CO)[C@@H](OC(=O)[C@H](NC(=O)OC(C)(C)C)C(C)C)[C@@]2(C)O)c(=O)n1. The molecular weight excluding hydrogens is 492 g/mol. The van der Waals surface area contributed by atoms with E-state index < -0.39 is 72.1 Å². The minimum absolute atomic E-state index is 0.0907. The third-order valence-corrected chi connectivity index (χ3v) is 5.32. The normalized spacial score (nSPS) is 24.3. The Hall–Kier alpha value is -3.23. The molecule has 0 spiro atoms. The molecule has 0 saturated carbocycles. The van der Waals surface area contributed by atoms with Crippen molar-refractivity contribution in [3.05, 3.63) is 22.7 Å². The molecule has 1 saturated heterocycles. The van der Waals surface area contributed by atoms with Gasteiger partial charge in [0.2, 0.25) is 0 Å². The smallest absolute Gasteiger partial charge is 0.412 e. The molecule has 37 heavy (non-hydrogen) atoms. The molecule has 14 nitrogen and oxygen atoms in total. The first-order valence-corrected chi connectivity index (χ1v) is 11.8. The standard InChI is InChI=1S/C23H36N4O10/c1-8-34-20(31)25-14-9-10-27(19(30)24-14)18-23(7,33)16(13(11-28)35-18)36-17(29)15(12(2)3)26-21(32)37-22(4,5)6/h9-10,12-13,15-16,18,28,33H,8,11H2,1-7H3,(H,26,32)(H,24,25,30,31)/t13-,15-,16-,18-,23-/m1/s1. The minimum Gasteiger partial charge on any atom is -0.455 e. The lowest BCUT2D eigenvalue weighted by atomic mass is 9.95. The molecule has 2 heterocycles. The lowest BCUT2D eigenvalue weighted by Crippen LogP contribution is -2.53. The number of alkyl carbamates (subject to hydrolysis) is 1. The maximum absolute atomic E-state index is 13.0. The molecule has 0 radical (unpaired) electrons. The van der Waals surface area contributed by atoms with Gasteiger partial charge < -0.3 is 34.5 Å². The molecule has 1 aromatic rings. The highest BCUT2D eigenvalue weighted by molar-refractivity contribution is 5.83. The van der Waals surface area contributed by atoms with Gasteiger partial charge in [0, 0.05) is 6.20 Å². The van der Waals surface area contributed by atoms with Gasteiger partial charge in [-0.1, -0.05) is 13.8 Å². The van der Waals surface area contributed by atoms with Crippen molar-refractivity contribution >= 4 is 24.0 Å². The number of nitrogens with zero attached hydrogens (tertiary/aromatic N) is 2. The van der Waals surface area contributed by atoms with Crippen LogP contribution in [-0.4, -0.2) is 80.6 Å². The Morgan fingerprint density at radius 3 is 2.43 bits per heavy atom. The molecule has 1 aliphatic heterocycles. The largest absolute Gasteiger partial charge is 0.455 e. The second kappa shape index (κ2) is 11.9. The van der Waals surface area contributed by atoms with Crippen molar-refractivity contribution in [1.82, 2.24) is 14.9 Å². The molecule has 5 atom stereocenters. The number of amides is 2. The van der Waals surface area contributed by atoms with E-state index in [4.69, 9.17) is 18.9 Å². The summed E-state index contributed by atoms with van der Waals surface area (Å²) in [5.41, 5.74) is -3.69. The fraction of sp³-hybridized carbons (Fsp3) is 0.696. The molecule has 1 aromatic heterocycles. The van der Waals surface area contributed by atoms with Gasteiger partial charge in [-0.25, -0.2) is 19.2 Å². The Balaban J connectivity index is 2.25. The van der Waals surface area contributed by atoms with Crippen LogP contribution in [0.25, 0.3) is 0 Å². The van der Waals surface area contributed by atoms with Gasteiger partial charge in [0.15, 0.2) is 12.3 Å². The van der Waals surface area contributed by atoms with E-state index in [0.717, 1.165) is 4.57 Å². The van der Waals surface area contributed by atoms with Crippen LogP contribution < -0.4 is 16.3 Å². The zero-order valence-corrected chi connectivity index (χ0v) is 22.0. The number of rotatable bonds is 8. The topological polar surface area (TPSA) is 188 Å². The first-order chi connectivity index (χ1) is 17.1. The van der Waals surface area contributed by atoms with Gasteiger partial charge in [-0.3, -0.25) is 9.88 Å². The monoisotopic (exact) mass is 528 g/mol. The number of anilines is 1. The average Bonchev–Trinajstić information content (AvgIpc) is 3.00. The van der Waals surface area contributed by atoms with Crippen LogP contribution in [-0.2, 0) is 23.7 Å². The summed E-state index contributed by atoms with van der Waals surface area (Å²) in [6.07, 6.45) is -4.44. The number of hydrogen-bond donors (Lipinski definition) is 4. The van der Waals surface area contributed by atoms with E-state index in [0.29, 0.717) is 0 Å². The van der Waals surface area contributed by atoms with E-state index in [1.807, 2.05) is 0 Å². The van der Waals surface area contributed by atoms with E-state index in [1.54, 1.807) is 41.5 Å². The van der Waals surface area contributed by atoms with Crippen LogP contribution in [0.3, 0.4) is 0 Å². The quantitative estimate of drug-likeness (QED) is 0.277. The number of aliphatic hydroxyl groups is 2. The summed E-state index contributed by atoms with van der Waals surface area (Å²) < 4.78 is 22.1. The van der Waals surface area contributed by atoms with Gasteiger partial charge in [-0.05, 0) is 46.6 Å². The lowest BCUT2D eigenvalue weighted by Gasteiger charge is -2.32. The van der Waals surface area contributed by atoms with Crippen LogP contribution >= 0.6 is 0 Å². The number of ether oxygens (including phenoxy) is 4. The molecule has 0 aromatic carbocycles. The summed E-state index contributed by atoms with van der Waals surface area (Å²) in [6, 6.07) is 0.145. The van der Waals surface area contributed by atoms with Crippen LogP contribution in [0.4, 0.5) is 15.4 Å². The van der Waals surface area contributed by atoms with Crippen molar-refractivity contribution in [3.63, 3.8) is 0 Å². The van der Waals surface area contributed by atoms with Gasteiger partial charge >= 0.3 is 23.8 Å². The third-order valence-electron chi connectivity index (χ3n) is 5.32. The van der Waals surface area contributed by atoms with Crippen molar-refractivity contribution < 1.29 is 43.5 Å². The number of aliphatic hydroxyl groups excluding tert-OH is 1. The Morgan fingerprint density at radius 1 is 1.27 bits per heavy atom. The molecular formula is C23H36N4O10. The van der Waals surface area contributed by atoms with Crippen LogP contribution in [0.1, 0.15) is 54.7 Å². The molecule has 1 fully saturated rings. The highest BCUT2D eigenvalue weighted by atomic mass is 16.6. The van der Waals surface area contributed by atoms with Gasteiger partial charge in [0.1, 0.15) is 29.2 Å². The van der Waals surface area contributed by atoms with Crippen molar-refractivity contribution in [2.75, 3.05) is 18.5 Å². The van der Waals surface area contributed by atoms with Crippen molar-refractivity contribution in [2.45, 2.75) is 84.1 Å². The van der Waals surface area contributed by atoms with E-state index in [9.17, 15) is 29.4 Å². The fourth-order valence-electron chi connectivity index (χ4n) is 3.64.